The van der Waals surface area contributed by atoms with E-state index in [1.54, 1.807) is 29.9 Å². The van der Waals surface area contributed by atoms with Crippen molar-refractivity contribution in [2.24, 2.45) is 13.0 Å². The first-order valence-electron chi connectivity index (χ1n) is 10.0. The molecule has 0 saturated carbocycles. The first kappa shape index (κ1) is 19.7. The lowest BCUT2D eigenvalue weighted by Crippen LogP contribution is -2.51. The minimum Gasteiger partial charge on any atom is -0.350 e. The van der Waals surface area contributed by atoms with Gasteiger partial charge in [-0.2, -0.15) is 5.10 Å². The summed E-state index contributed by atoms with van der Waals surface area (Å²) >= 11 is 12.3. The molecule has 1 aromatic heterocycles. The summed E-state index contributed by atoms with van der Waals surface area (Å²) in [5.74, 6) is 0.454. The fourth-order valence-corrected chi connectivity index (χ4v) is 5.14. The molecule has 0 unspecified atom stereocenters. The number of carbonyl (C=O) groups is 1. The highest BCUT2D eigenvalue weighted by Gasteiger charge is 2.33. The summed E-state index contributed by atoms with van der Waals surface area (Å²) in [5, 5.41) is 8.72. The van der Waals surface area contributed by atoms with Crippen LogP contribution in [0.15, 0.2) is 24.3 Å². The molecule has 2 aliphatic heterocycles. The van der Waals surface area contributed by atoms with Gasteiger partial charge in [0.1, 0.15) is 5.69 Å². The van der Waals surface area contributed by atoms with E-state index in [0.717, 1.165) is 12.1 Å². The summed E-state index contributed by atoms with van der Waals surface area (Å²) < 4.78 is 1.61. The Labute approximate surface area is 176 Å². The van der Waals surface area contributed by atoms with E-state index in [2.05, 4.69) is 15.3 Å². The Morgan fingerprint density at radius 1 is 1.18 bits per heavy atom. The Morgan fingerprint density at radius 2 is 2.00 bits per heavy atom. The molecule has 3 heterocycles. The fraction of sp³-hybridized carbons (Fsp3) is 0.524. The molecule has 5 nitrogen and oxygen atoms in total. The molecule has 2 aliphatic rings. The van der Waals surface area contributed by atoms with Crippen molar-refractivity contribution in [3.63, 3.8) is 0 Å². The third-order valence-corrected chi connectivity index (χ3v) is 6.62. The Hall–Kier alpha value is -1.56. The summed E-state index contributed by atoms with van der Waals surface area (Å²) in [7, 11) is 1.78. The van der Waals surface area contributed by atoms with E-state index in [4.69, 9.17) is 23.2 Å². The number of aryl methyl sites for hydroxylation is 1. The van der Waals surface area contributed by atoms with Gasteiger partial charge in [-0.25, -0.2) is 0 Å². The van der Waals surface area contributed by atoms with Crippen molar-refractivity contribution in [1.82, 2.24) is 20.0 Å². The van der Waals surface area contributed by atoms with Crippen molar-refractivity contribution in [2.75, 3.05) is 19.6 Å². The molecule has 0 bridgehead atoms. The maximum absolute atomic E-state index is 12.8. The van der Waals surface area contributed by atoms with Crippen LogP contribution in [0, 0.1) is 5.92 Å². The first-order valence-corrected chi connectivity index (χ1v) is 10.8. The molecule has 1 N–H and O–H groups in total. The first-order chi connectivity index (χ1) is 13.5. The molecule has 1 amide bonds. The van der Waals surface area contributed by atoms with E-state index in [0.29, 0.717) is 33.4 Å². The summed E-state index contributed by atoms with van der Waals surface area (Å²) in [6, 6.07) is 7.70. The second-order valence-corrected chi connectivity index (χ2v) is 8.72. The number of aromatic nitrogens is 2. The molecule has 4 rings (SSSR count). The Bertz CT molecular complexity index is 864. The number of hydrogen-bond donors (Lipinski definition) is 1. The van der Waals surface area contributed by atoms with E-state index in [1.165, 1.54) is 45.2 Å². The van der Waals surface area contributed by atoms with E-state index < -0.39 is 0 Å². The number of nitrogens with zero attached hydrogens (tertiary/aromatic N) is 3. The monoisotopic (exact) mass is 420 g/mol. The fourth-order valence-electron chi connectivity index (χ4n) is 4.64. The van der Waals surface area contributed by atoms with Crippen molar-refractivity contribution in [1.29, 1.82) is 0 Å². The van der Waals surface area contributed by atoms with Gasteiger partial charge in [-0.3, -0.25) is 9.48 Å². The average molecular weight is 421 g/mol. The normalized spacial score (nSPS) is 22.7. The summed E-state index contributed by atoms with van der Waals surface area (Å²) in [6.45, 7) is 3.15. The van der Waals surface area contributed by atoms with E-state index in [9.17, 15) is 4.79 Å². The minimum atomic E-state index is -0.0840. The van der Waals surface area contributed by atoms with Gasteiger partial charge in [-0.15, -0.1) is 0 Å². The predicted octanol–water partition coefficient (Wildman–Crippen LogP) is 4.39. The standard InChI is InChI=1S/C21H26Cl2N4O/c1-26-20(12-18(25-26)16-8-7-15(22)11-17(16)23)21(28)24-13-14-5-4-10-27-9-3-2-6-19(14)27/h7-8,11-12,14,19H,2-6,9-10,13H2,1H3,(H,24,28)/t14-,19+/m0/s1. The van der Waals surface area contributed by atoms with Crippen molar-refractivity contribution < 1.29 is 4.79 Å². The summed E-state index contributed by atoms with van der Waals surface area (Å²) in [4.78, 5) is 15.4. The van der Waals surface area contributed by atoms with Gasteiger partial charge in [-0.1, -0.05) is 29.6 Å². The van der Waals surface area contributed by atoms with Gasteiger partial charge in [0.05, 0.1) is 10.7 Å². The third kappa shape index (κ3) is 4.07. The largest absolute Gasteiger partial charge is 0.350 e. The van der Waals surface area contributed by atoms with Crippen LogP contribution in [-0.4, -0.2) is 46.3 Å². The molecular formula is C21H26Cl2N4O. The lowest BCUT2D eigenvalue weighted by Gasteiger charge is -2.44. The molecule has 0 spiro atoms. The van der Waals surface area contributed by atoms with Gasteiger partial charge in [-0.05, 0) is 69.0 Å². The van der Waals surface area contributed by atoms with Crippen LogP contribution in [0.3, 0.4) is 0 Å². The minimum absolute atomic E-state index is 0.0840. The number of fused-ring (bicyclic) bond motifs is 1. The number of amides is 1. The zero-order valence-corrected chi connectivity index (χ0v) is 17.6. The maximum atomic E-state index is 12.8. The van der Waals surface area contributed by atoms with Crippen molar-refractivity contribution in [2.45, 2.75) is 38.1 Å². The number of nitrogens with one attached hydrogen (secondary N) is 1. The van der Waals surface area contributed by atoms with E-state index >= 15 is 0 Å². The lowest BCUT2D eigenvalue weighted by atomic mass is 9.83. The van der Waals surface area contributed by atoms with Crippen molar-refractivity contribution in [3.05, 3.63) is 40.0 Å². The highest BCUT2D eigenvalue weighted by atomic mass is 35.5. The molecule has 2 atom stereocenters. The molecule has 0 aliphatic carbocycles. The zero-order valence-electron chi connectivity index (χ0n) is 16.1. The molecule has 2 saturated heterocycles. The van der Waals surface area contributed by atoms with Gasteiger partial charge in [0.25, 0.3) is 5.91 Å². The number of halogens is 2. The van der Waals surface area contributed by atoms with Crippen LogP contribution in [0.4, 0.5) is 0 Å². The highest BCUT2D eigenvalue weighted by molar-refractivity contribution is 6.36. The van der Waals surface area contributed by atoms with Crippen LogP contribution in [0.25, 0.3) is 11.3 Å². The van der Waals surface area contributed by atoms with Crippen LogP contribution >= 0.6 is 23.2 Å². The van der Waals surface area contributed by atoms with Gasteiger partial charge < -0.3 is 10.2 Å². The molecule has 7 heteroatoms. The van der Waals surface area contributed by atoms with Crippen LogP contribution in [-0.2, 0) is 7.05 Å². The summed E-state index contributed by atoms with van der Waals surface area (Å²) in [5.41, 5.74) is 1.98. The van der Waals surface area contributed by atoms with E-state index in [-0.39, 0.29) is 5.91 Å². The van der Waals surface area contributed by atoms with Crippen LogP contribution < -0.4 is 5.32 Å². The maximum Gasteiger partial charge on any atom is 0.269 e. The molecule has 2 fully saturated rings. The van der Waals surface area contributed by atoms with Crippen molar-refractivity contribution >= 4 is 29.1 Å². The number of rotatable bonds is 4. The Balaban J connectivity index is 1.44. The van der Waals surface area contributed by atoms with Crippen molar-refractivity contribution in [3.8, 4) is 11.3 Å². The summed E-state index contributed by atoms with van der Waals surface area (Å²) in [6.07, 6.45) is 6.28. The molecule has 0 radical (unpaired) electrons. The van der Waals surface area contributed by atoms with Crippen LogP contribution in [0.1, 0.15) is 42.6 Å². The molecule has 1 aromatic carbocycles. The molecule has 28 heavy (non-hydrogen) atoms. The quantitative estimate of drug-likeness (QED) is 0.797. The van der Waals surface area contributed by atoms with Gasteiger partial charge in [0.2, 0.25) is 0 Å². The smallest absolute Gasteiger partial charge is 0.269 e. The molecule has 150 valence electrons. The predicted molar refractivity (Wildman–Crippen MR) is 113 cm³/mol. The third-order valence-electron chi connectivity index (χ3n) is 6.07. The number of piperidine rings is 2. The molecular weight excluding hydrogens is 395 g/mol. The lowest BCUT2D eigenvalue weighted by molar-refractivity contribution is 0.0574. The SMILES string of the molecule is Cn1nc(-c2ccc(Cl)cc2Cl)cc1C(=O)NC[C@@H]1CCCN2CCCC[C@H]12. The van der Waals surface area contributed by atoms with Gasteiger partial charge >= 0.3 is 0 Å². The number of benzene rings is 1. The van der Waals surface area contributed by atoms with E-state index in [1.807, 2.05) is 6.07 Å². The topological polar surface area (TPSA) is 50.2 Å². The zero-order chi connectivity index (χ0) is 19.7. The number of hydrogen-bond acceptors (Lipinski definition) is 3. The van der Waals surface area contributed by atoms with Gasteiger partial charge in [0, 0.05) is 30.2 Å². The Morgan fingerprint density at radius 3 is 2.82 bits per heavy atom. The van der Waals surface area contributed by atoms with Crippen LogP contribution in [0.5, 0.6) is 0 Å². The average Bonchev–Trinajstić information content (AvgIpc) is 3.07. The Kier molecular flexibility index (Phi) is 5.95. The highest BCUT2D eigenvalue weighted by Crippen LogP contribution is 2.31. The number of carbonyl (C=O) groups excluding carboxylic acids is 1. The second kappa shape index (κ2) is 8.44. The molecule has 2 aromatic rings. The van der Waals surface area contributed by atoms with Crippen LogP contribution in [0.2, 0.25) is 10.0 Å². The second-order valence-electron chi connectivity index (χ2n) is 7.87. The van der Waals surface area contributed by atoms with Gasteiger partial charge in [0.15, 0.2) is 0 Å².